The number of thiazole rings is 1. The van der Waals surface area contributed by atoms with E-state index < -0.39 is 5.60 Å². The van der Waals surface area contributed by atoms with E-state index in [1.165, 1.54) is 5.57 Å². The molecule has 0 unspecified atom stereocenters. The van der Waals surface area contributed by atoms with Crippen molar-refractivity contribution in [2.24, 2.45) is 0 Å². The van der Waals surface area contributed by atoms with E-state index >= 15 is 0 Å². The number of carbonyl (C=O) groups excluding carboxylic acids is 1. The number of carbonyl (C=O) groups is 1. The number of aromatic nitrogens is 5. The van der Waals surface area contributed by atoms with Gasteiger partial charge in [-0.05, 0) is 67.5 Å². The highest BCUT2D eigenvalue weighted by atomic mass is 32.1. The number of ether oxygens (including phenoxy) is 1. The van der Waals surface area contributed by atoms with Gasteiger partial charge < -0.3 is 15.0 Å². The predicted octanol–water partition coefficient (Wildman–Crippen LogP) is 3.76. The van der Waals surface area contributed by atoms with Crippen LogP contribution in [0.5, 0.6) is 0 Å². The van der Waals surface area contributed by atoms with Crippen molar-refractivity contribution in [1.29, 1.82) is 0 Å². The Balaban J connectivity index is 1.31. The molecule has 1 aliphatic heterocycles. The van der Waals surface area contributed by atoms with Crippen LogP contribution in [0.25, 0.3) is 11.3 Å². The molecule has 9 nitrogen and oxygen atoms in total. The smallest absolute Gasteiger partial charge is 0.410 e. The summed E-state index contributed by atoms with van der Waals surface area (Å²) in [4.78, 5) is 18.7. The lowest BCUT2D eigenvalue weighted by Crippen LogP contribution is -2.39. The van der Waals surface area contributed by atoms with E-state index in [4.69, 9.17) is 9.72 Å². The first-order valence-corrected chi connectivity index (χ1v) is 10.9. The van der Waals surface area contributed by atoms with E-state index in [0.29, 0.717) is 19.6 Å². The molecule has 0 fully saturated rings. The summed E-state index contributed by atoms with van der Waals surface area (Å²) in [6.45, 7) is 7.46. The van der Waals surface area contributed by atoms with Gasteiger partial charge in [-0.2, -0.15) is 0 Å². The number of anilines is 1. The van der Waals surface area contributed by atoms with Crippen LogP contribution in [0.15, 0.2) is 42.0 Å². The van der Waals surface area contributed by atoms with Crippen LogP contribution >= 0.6 is 11.3 Å². The van der Waals surface area contributed by atoms with Crippen LogP contribution in [-0.2, 0) is 11.3 Å². The first-order chi connectivity index (χ1) is 14.9. The van der Waals surface area contributed by atoms with E-state index in [-0.39, 0.29) is 6.09 Å². The highest BCUT2D eigenvalue weighted by molar-refractivity contribution is 7.10. The molecular formula is C21H25N7O2S. The molecule has 10 heteroatoms. The Labute approximate surface area is 184 Å². The quantitative estimate of drug-likeness (QED) is 0.646. The maximum absolute atomic E-state index is 12.2. The molecule has 3 heterocycles. The summed E-state index contributed by atoms with van der Waals surface area (Å²) in [6, 6.07) is 7.88. The molecule has 3 aromatic rings. The highest BCUT2D eigenvalue weighted by Gasteiger charge is 2.24. The van der Waals surface area contributed by atoms with Gasteiger partial charge in [-0.3, -0.25) is 0 Å². The van der Waals surface area contributed by atoms with Gasteiger partial charge in [0.15, 0.2) is 0 Å². The minimum Gasteiger partial charge on any atom is -0.444 e. The Bertz CT molecular complexity index is 1050. The molecule has 0 atom stereocenters. The van der Waals surface area contributed by atoms with Crippen LogP contribution in [0.1, 0.15) is 37.9 Å². The summed E-state index contributed by atoms with van der Waals surface area (Å²) >= 11 is 1.63. The van der Waals surface area contributed by atoms with Gasteiger partial charge in [0.05, 0.1) is 17.9 Å². The highest BCUT2D eigenvalue weighted by Crippen LogP contribution is 2.26. The molecule has 1 amide bonds. The van der Waals surface area contributed by atoms with Crippen LogP contribution in [-0.4, -0.2) is 54.9 Å². The minimum atomic E-state index is -0.480. The lowest BCUT2D eigenvalue weighted by atomic mass is 10.1. The molecule has 0 spiro atoms. The molecule has 0 saturated heterocycles. The van der Waals surface area contributed by atoms with Crippen LogP contribution in [0.3, 0.4) is 0 Å². The van der Waals surface area contributed by atoms with Crippen molar-refractivity contribution in [3.63, 3.8) is 0 Å². The molecule has 0 bridgehead atoms. The number of hydrogen-bond donors (Lipinski definition) is 1. The third kappa shape index (κ3) is 5.46. The standard InChI is InChI=1S/C21H25N7O2S/c1-21(2,3)30-20(29)27-10-8-15(9-11-27)19-24-17(13-31-19)12-22-16-4-6-18(7-5-16)28-14-23-25-26-28/h4-8,13-14,22H,9-12H2,1-3H3. The van der Waals surface area contributed by atoms with E-state index in [0.717, 1.165) is 28.5 Å². The van der Waals surface area contributed by atoms with Crippen molar-refractivity contribution in [3.8, 4) is 5.69 Å². The second-order valence-corrected chi connectivity index (χ2v) is 9.06. The number of amides is 1. The Morgan fingerprint density at radius 2 is 2.06 bits per heavy atom. The Morgan fingerprint density at radius 1 is 1.26 bits per heavy atom. The molecule has 1 aliphatic rings. The molecule has 4 rings (SSSR count). The number of hydrogen-bond acceptors (Lipinski definition) is 8. The molecule has 1 aromatic carbocycles. The van der Waals surface area contributed by atoms with Gasteiger partial charge in [-0.15, -0.1) is 16.4 Å². The number of nitrogens with one attached hydrogen (secondary N) is 1. The van der Waals surface area contributed by atoms with Crippen molar-refractivity contribution in [2.45, 2.75) is 39.3 Å². The maximum atomic E-state index is 12.2. The number of rotatable bonds is 5. The molecule has 0 radical (unpaired) electrons. The average Bonchev–Trinajstić information content (AvgIpc) is 3.44. The molecule has 1 N–H and O–H groups in total. The zero-order valence-electron chi connectivity index (χ0n) is 17.8. The Morgan fingerprint density at radius 3 is 2.71 bits per heavy atom. The zero-order valence-corrected chi connectivity index (χ0v) is 18.6. The minimum absolute atomic E-state index is 0.266. The van der Waals surface area contributed by atoms with Crippen molar-refractivity contribution in [3.05, 3.63) is 52.8 Å². The SMILES string of the molecule is CC(C)(C)OC(=O)N1CC=C(c2nc(CNc3ccc(-n4cnnn4)cc3)cs2)CC1. The second-order valence-electron chi connectivity index (χ2n) is 8.20. The predicted molar refractivity (Wildman–Crippen MR) is 119 cm³/mol. The van der Waals surface area contributed by atoms with Gasteiger partial charge >= 0.3 is 6.09 Å². The van der Waals surface area contributed by atoms with Gasteiger partial charge in [0.2, 0.25) is 0 Å². The van der Waals surface area contributed by atoms with E-state index in [9.17, 15) is 4.79 Å². The molecule has 31 heavy (non-hydrogen) atoms. The molecule has 0 aliphatic carbocycles. The Kier molecular flexibility index (Phi) is 5.99. The lowest BCUT2D eigenvalue weighted by Gasteiger charge is -2.29. The fourth-order valence-electron chi connectivity index (χ4n) is 3.10. The number of benzene rings is 1. The van der Waals surface area contributed by atoms with Crippen molar-refractivity contribution in [1.82, 2.24) is 30.1 Å². The van der Waals surface area contributed by atoms with E-state index in [1.807, 2.05) is 45.0 Å². The van der Waals surface area contributed by atoms with Crippen LogP contribution < -0.4 is 5.32 Å². The zero-order chi connectivity index (χ0) is 21.8. The Hall–Kier alpha value is -3.27. The first-order valence-electron chi connectivity index (χ1n) is 10.1. The molecule has 2 aromatic heterocycles. The topological polar surface area (TPSA) is 98.1 Å². The van der Waals surface area contributed by atoms with E-state index in [2.05, 4.69) is 32.3 Å². The molecular weight excluding hydrogens is 414 g/mol. The normalized spacial score (nSPS) is 14.3. The second kappa shape index (κ2) is 8.84. The summed E-state index contributed by atoms with van der Waals surface area (Å²) in [6.07, 6.45) is 4.14. The fraction of sp³-hybridized carbons (Fsp3) is 0.381. The van der Waals surface area contributed by atoms with Crippen molar-refractivity contribution >= 4 is 28.7 Å². The molecule has 0 saturated carbocycles. The van der Waals surface area contributed by atoms with Gasteiger partial charge in [-0.1, -0.05) is 6.08 Å². The monoisotopic (exact) mass is 439 g/mol. The fourth-order valence-corrected chi connectivity index (χ4v) is 3.99. The largest absolute Gasteiger partial charge is 0.444 e. The number of nitrogens with zero attached hydrogens (tertiary/aromatic N) is 6. The van der Waals surface area contributed by atoms with Crippen LogP contribution in [0, 0.1) is 0 Å². The number of tetrazole rings is 1. The summed E-state index contributed by atoms with van der Waals surface area (Å²) in [5.41, 5.74) is 3.58. The lowest BCUT2D eigenvalue weighted by molar-refractivity contribution is 0.0270. The van der Waals surface area contributed by atoms with Crippen molar-refractivity contribution in [2.75, 3.05) is 18.4 Å². The van der Waals surface area contributed by atoms with Gasteiger partial charge in [0, 0.05) is 24.2 Å². The first kappa shape index (κ1) is 21.0. The summed E-state index contributed by atoms with van der Waals surface area (Å²) < 4.78 is 7.06. The third-order valence-corrected chi connectivity index (χ3v) is 5.61. The van der Waals surface area contributed by atoms with Crippen LogP contribution in [0.4, 0.5) is 10.5 Å². The van der Waals surface area contributed by atoms with Gasteiger partial charge in [0.25, 0.3) is 0 Å². The summed E-state index contributed by atoms with van der Waals surface area (Å²) in [5, 5.41) is 17.6. The maximum Gasteiger partial charge on any atom is 0.410 e. The van der Waals surface area contributed by atoms with Gasteiger partial charge in [0.1, 0.15) is 16.9 Å². The average molecular weight is 440 g/mol. The third-order valence-electron chi connectivity index (χ3n) is 4.64. The van der Waals surface area contributed by atoms with E-state index in [1.54, 1.807) is 27.2 Å². The van der Waals surface area contributed by atoms with Gasteiger partial charge in [-0.25, -0.2) is 14.5 Å². The summed E-state index contributed by atoms with van der Waals surface area (Å²) in [7, 11) is 0. The molecule has 162 valence electrons. The summed E-state index contributed by atoms with van der Waals surface area (Å²) in [5.74, 6) is 0. The van der Waals surface area contributed by atoms with Crippen LogP contribution in [0.2, 0.25) is 0 Å². The van der Waals surface area contributed by atoms with Crippen molar-refractivity contribution < 1.29 is 9.53 Å².